The van der Waals surface area contributed by atoms with Gasteiger partial charge in [-0.3, -0.25) is 14.4 Å². The van der Waals surface area contributed by atoms with Gasteiger partial charge in [0.15, 0.2) is 5.78 Å². The Balaban J connectivity index is 1.43. The second-order valence-corrected chi connectivity index (χ2v) is 7.46. The third-order valence-electron chi connectivity index (χ3n) is 4.91. The maximum Gasteiger partial charge on any atom is 0.227 e. The second-order valence-electron chi connectivity index (χ2n) is 7.02. The molecule has 1 aliphatic rings. The van der Waals surface area contributed by atoms with Crippen LogP contribution < -0.4 is 10.6 Å². The van der Waals surface area contributed by atoms with Gasteiger partial charge in [-0.2, -0.15) is 0 Å². The second kappa shape index (κ2) is 9.51. The lowest BCUT2D eigenvalue weighted by molar-refractivity contribution is -0.122. The number of nitrogens with one attached hydrogen (secondary N) is 2. The van der Waals surface area contributed by atoms with Crippen molar-refractivity contribution >= 4 is 34.9 Å². The molecule has 3 rings (SSSR count). The van der Waals surface area contributed by atoms with Crippen LogP contribution in [-0.2, 0) is 16.1 Å². The Morgan fingerprint density at radius 3 is 2.43 bits per heavy atom. The molecule has 6 heteroatoms. The lowest BCUT2D eigenvalue weighted by atomic mass is 9.85. The first-order valence-corrected chi connectivity index (χ1v) is 9.84. The largest absolute Gasteiger partial charge is 0.352 e. The summed E-state index contributed by atoms with van der Waals surface area (Å²) in [5, 5.41) is 6.31. The van der Waals surface area contributed by atoms with Crippen molar-refractivity contribution in [3.8, 4) is 0 Å². The summed E-state index contributed by atoms with van der Waals surface area (Å²) in [5.74, 6) is -0.0894. The van der Waals surface area contributed by atoms with Gasteiger partial charge in [0, 0.05) is 41.6 Å². The van der Waals surface area contributed by atoms with Gasteiger partial charge in [-0.15, -0.1) is 0 Å². The van der Waals surface area contributed by atoms with Crippen molar-refractivity contribution in [2.45, 2.75) is 38.6 Å². The molecule has 0 aromatic heterocycles. The first-order chi connectivity index (χ1) is 13.5. The molecule has 0 radical (unpaired) electrons. The van der Waals surface area contributed by atoms with Crippen LogP contribution in [0.15, 0.2) is 48.5 Å². The van der Waals surface area contributed by atoms with E-state index in [0.717, 1.165) is 30.5 Å². The molecule has 1 aliphatic carbocycles. The van der Waals surface area contributed by atoms with E-state index < -0.39 is 0 Å². The normalized spacial score (nSPS) is 13.5. The quantitative estimate of drug-likeness (QED) is 0.649. The minimum atomic E-state index is -0.189. The molecule has 2 amide bonds. The van der Waals surface area contributed by atoms with Crippen LogP contribution in [0.5, 0.6) is 0 Å². The van der Waals surface area contributed by atoms with Crippen molar-refractivity contribution in [3.05, 3.63) is 64.7 Å². The van der Waals surface area contributed by atoms with E-state index in [0.29, 0.717) is 17.1 Å². The first-order valence-electron chi connectivity index (χ1n) is 9.46. The van der Waals surface area contributed by atoms with E-state index in [1.165, 1.54) is 0 Å². The van der Waals surface area contributed by atoms with Crippen molar-refractivity contribution in [1.29, 1.82) is 0 Å². The topological polar surface area (TPSA) is 75.3 Å². The number of hydrogen-bond donors (Lipinski definition) is 2. The van der Waals surface area contributed by atoms with Crippen LogP contribution >= 0.6 is 11.6 Å². The summed E-state index contributed by atoms with van der Waals surface area (Å²) in [4.78, 5) is 36.2. The fourth-order valence-corrected chi connectivity index (χ4v) is 3.10. The zero-order valence-corrected chi connectivity index (χ0v) is 16.3. The number of hydrogen-bond acceptors (Lipinski definition) is 3. The molecular formula is C22H23ClN2O3. The van der Waals surface area contributed by atoms with E-state index in [-0.39, 0.29) is 36.4 Å². The Labute approximate surface area is 169 Å². The summed E-state index contributed by atoms with van der Waals surface area (Å²) in [6, 6.07) is 14.1. The number of carbonyl (C=O) groups is 3. The van der Waals surface area contributed by atoms with Gasteiger partial charge in [0.05, 0.1) is 0 Å². The summed E-state index contributed by atoms with van der Waals surface area (Å²) in [6.45, 7) is 0.348. The van der Waals surface area contributed by atoms with Gasteiger partial charge < -0.3 is 10.6 Å². The molecule has 0 heterocycles. The number of benzene rings is 2. The average Bonchev–Trinajstić information content (AvgIpc) is 2.64. The molecule has 2 aromatic carbocycles. The van der Waals surface area contributed by atoms with Crippen LogP contribution in [0, 0.1) is 5.92 Å². The van der Waals surface area contributed by atoms with Crippen molar-refractivity contribution < 1.29 is 14.4 Å². The molecular weight excluding hydrogens is 376 g/mol. The highest BCUT2D eigenvalue weighted by Crippen LogP contribution is 2.27. The monoisotopic (exact) mass is 398 g/mol. The van der Waals surface area contributed by atoms with E-state index in [9.17, 15) is 14.4 Å². The van der Waals surface area contributed by atoms with Gasteiger partial charge in [0.2, 0.25) is 11.8 Å². The minimum absolute atomic E-state index is 0.0631. The van der Waals surface area contributed by atoms with E-state index in [2.05, 4.69) is 10.6 Å². The van der Waals surface area contributed by atoms with Crippen molar-refractivity contribution in [2.75, 3.05) is 5.32 Å². The average molecular weight is 399 g/mol. The smallest absolute Gasteiger partial charge is 0.227 e. The number of anilines is 1. The van der Waals surface area contributed by atoms with Gasteiger partial charge in [-0.05, 0) is 54.8 Å². The number of amides is 2. The molecule has 0 aliphatic heterocycles. The molecule has 0 atom stereocenters. The molecule has 2 aromatic rings. The van der Waals surface area contributed by atoms with Gasteiger partial charge in [-0.1, -0.05) is 30.2 Å². The summed E-state index contributed by atoms with van der Waals surface area (Å²) >= 11 is 5.81. The number of Topliss-reactive ketones (excluding diaryl/α,β-unsaturated/α-hetero) is 1. The molecule has 2 N–H and O–H groups in total. The maximum atomic E-state index is 12.1. The molecule has 5 nitrogen and oxygen atoms in total. The molecule has 0 unspecified atom stereocenters. The van der Waals surface area contributed by atoms with Crippen molar-refractivity contribution in [1.82, 2.24) is 5.32 Å². The highest BCUT2D eigenvalue weighted by Gasteiger charge is 2.25. The molecule has 0 bridgehead atoms. The predicted molar refractivity (Wildman–Crippen MR) is 109 cm³/mol. The van der Waals surface area contributed by atoms with E-state index in [1.807, 2.05) is 24.3 Å². The Bertz CT molecular complexity index is 860. The third kappa shape index (κ3) is 5.67. The fourth-order valence-electron chi connectivity index (χ4n) is 2.97. The first kappa shape index (κ1) is 20.1. The summed E-state index contributed by atoms with van der Waals surface area (Å²) < 4.78 is 0. The Kier molecular flexibility index (Phi) is 6.82. The molecule has 1 saturated carbocycles. The number of ketones is 1. The zero-order chi connectivity index (χ0) is 19.9. The summed E-state index contributed by atoms with van der Waals surface area (Å²) in [6.07, 6.45) is 3.29. The minimum Gasteiger partial charge on any atom is -0.352 e. The standard InChI is InChI=1S/C22H23ClN2O3/c23-18-9-7-16(8-10-18)20(26)11-12-21(27)24-14-15-3-1-6-19(13-15)25-22(28)17-4-2-5-17/h1,3,6-10,13,17H,2,4-5,11-12,14H2,(H,24,27)(H,25,28). The number of rotatable bonds is 8. The Morgan fingerprint density at radius 2 is 1.75 bits per heavy atom. The molecule has 1 fully saturated rings. The molecule has 28 heavy (non-hydrogen) atoms. The highest BCUT2D eigenvalue weighted by molar-refractivity contribution is 6.30. The zero-order valence-electron chi connectivity index (χ0n) is 15.5. The van der Waals surface area contributed by atoms with Crippen LogP contribution in [0.25, 0.3) is 0 Å². The maximum absolute atomic E-state index is 12.1. The lowest BCUT2D eigenvalue weighted by Crippen LogP contribution is -2.28. The SMILES string of the molecule is O=C(CCC(=O)c1ccc(Cl)cc1)NCc1cccc(NC(=O)C2CCC2)c1. The predicted octanol–water partition coefficient (Wildman–Crippen LogP) is 4.36. The Hall–Kier alpha value is -2.66. The summed E-state index contributed by atoms with van der Waals surface area (Å²) in [5.41, 5.74) is 2.18. The third-order valence-corrected chi connectivity index (χ3v) is 5.16. The van der Waals surface area contributed by atoms with Gasteiger partial charge >= 0.3 is 0 Å². The van der Waals surface area contributed by atoms with Crippen LogP contribution in [0.1, 0.15) is 48.0 Å². The molecule has 0 spiro atoms. The Morgan fingerprint density at radius 1 is 1.00 bits per heavy atom. The number of halogens is 1. The van der Waals surface area contributed by atoms with E-state index >= 15 is 0 Å². The number of carbonyl (C=O) groups excluding carboxylic acids is 3. The van der Waals surface area contributed by atoms with Gasteiger partial charge in [0.25, 0.3) is 0 Å². The lowest BCUT2D eigenvalue weighted by Gasteiger charge is -2.24. The molecule has 146 valence electrons. The van der Waals surface area contributed by atoms with Crippen LogP contribution in [-0.4, -0.2) is 17.6 Å². The van der Waals surface area contributed by atoms with Crippen LogP contribution in [0.2, 0.25) is 5.02 Å². The molecule has 0 saturated heterocycles. The summed E-state index contributed by atoms with van der Waals surface area (Å²) in [7, 11) is 0. The van der Waals surface area contributed by atoms with Crippen molar-refractivity contribution in [2.24, 2.45) is 5.92 Å². The fraction of sp³-hybridized carbons (Fsp3) is 0.318. The van der Waals surface area contributed by atoms with Gasteiger partial charge in [0.1, 0.15) is 0 Å². The van der Waals surface area contributed by atoms with Crippen molar-refractivity contribution in [3.63, 3.8) is 0 Å². The highest BCUT2D eigenvalue weighted by atomic mass is 35.5. The van der Waals surface area contributed by atoms with Crippen LogP contribution in [0.4, 0.5) is 5.69 Å². The van der Waals surface area contributed by atoms with E-state index in [1.54, 1.807) is 24.3 Å². The van der Waals surface area contributed by atoms with Gasteiger partial charge in [-0.25, -0.2) is 0 Å². The van der Waals surface area contributed by atoms with Crippen LogP contribution in [0.3, 0.4) is 0 Å². The van der Waals surface area contributed by atoms with E-state index in [4.69, 9.17) is 11.6 Å².